The molecule has 96 valence electrons. The average molecular weight is 310 g/mol. The second-order valence-electron chi connectivity index (χ2n) is 4.21. The van der Waals surface area contributed by atoms with Crippen molar-refractivity contribution in [3.63, 3.8) is 0 Å². The summed E-state index contributed by atoms with van der Waals surface area (Å²) in [5, 5.41) is 11.4. The molecule has 18 heavy (non-hydrogen) atoms. The predicted molar refractivity (Wildman–Crippen MR) is 74.3 cm³/mol. The molecule has 0 aliphatic heterocycles. The number of aryl methyl sites for hydroxylation is 1. The molecule has 1 aromatic heterocycles. The molecule has 0 bridgehead atoms. The number of aromatic nitrogens is 2. The number of benzene rings is 1. The first-order valence-corrected chi connectivity index (χ1v) is 6.74. The SMILES string of the molecule is CCNC(C)c1nnc(-c2ccc(C)cc2Br)o1. The first kappa shape index (κ1) is 13.2. The maximum atomic E-state index is 5.69. The Morgan fingerprint density at radius 3 is 2.83 bits per heavy atom. The van der Waals surface area contributed by atoms with Crippen LogP contribution in [0.3, 0.4) is 0 Å². The zero-order chi connectivity index (χ0) is 13.1. The van der Waals surface area contributed by atoms with Crippen molar-refractivity contribution in [2.75, 3.05) is 6.54 Å². The van der Waals surface area contributed by atoms with Gasteiger partial charge in [-0.2, -0.15) is 0 Å². The zero-order valence-electron chi connectivity index (χ0n) is 10.7. The lowest BCUT2D eigenvalue weighted by molar-refractivity contribution is 0.429. The van der Waals surface area contributed by atoms with Crippen LogP contribution in [0, 0.1) is 6.92 Å². The van der Waals surface area contributed by atoms with Crippen LogP contribution in [-0.2, 0) is 0 Å². The molecule has 1 atom stereocenters. The third-order valence-electron chi connectivity index (χ3n) is 2.68. The predicted octanol–water partition coefficient (Wildman–Crippen LogP) is 3.48. The number of halogens is 1. The molecule has 0 aliphatic rings. The van der Waals surface area contributed by atoms with Crippen LogP contribution >= 0.6 is 15.9 Å². The van der Waals surface area contributed by atoms with Crippen LogP contribution in [0.5, 0.6) is 0 Å². The van der Waals surface area contributed by atoms with Crippen LogP contribution in [0.25, 0.3) is 11.5 Å². The van der Waals surface area contributed by atoms with Crippen molar-refractivity contribution in [1.29, 1.82) is 0 Å². The normalized spacial score (nSPS) is 12.7. The third kappa shape index (κ3) is 2.79. The fraction of sp³-hybridized carbons (Fsp3) is 0.385. The van der Waals surface area contributed by atoms with E-state index in [1.807, 2.05) is 39.0 Å². The number of nitrogens with one attached hydrogen (secondary N) is 1. The second-order valence-corrected chi connectivity index (χ2v) is 5.06. The molecule has 0 aliphatic carbocycles. The van der Waals surface area contributed by atoms with E-state index in [4.69, 9.17) is 4.42 Å². The van der Waals surface area contributed by atoms with Crippen LogP contribution in [0.4, 0.5) is 0 Å². The van der Waals surface area contributed by atoms with Gasteiger partial charge in [0.05, 0.1) is 11.6 Å². The molecular weight excluding hydrogens is 294 g/mol. The van der Waals surface area contributed by atoms with Crippen molar-refractivity contribution in [3.8, 4) is 11.5 Å². The quantitative estimate of drug-likeness (QED) is 0.939. The molecule has 1 unspecified atom stereocenters. The maximum absolute atomic E-state index is 5.69. The van der Waals surface area contributed by atoms with Gasteiger partial charge in [-0.15, -0.1) is 10.2 Å². The summed E-state index contributed by atoms with van der Waals surface area (Å²) in [7, 11) is 0. The summed E-state index contributed by atoms with van der Waals surface area (Å²) in [6, 6.07) is 6.11. The Bertz CT molecular complexity index is 539. The van der Waals surface area contributed by atoms with E-state index in [9.17, 15) is 0 Å². The van der Waals surface area contributed by atoms with Gasteiger partial charge < -0.3 is 9.73 Å². The van der Waals surface area contributed by atoms with Gasteiger partial charge in [0.1, 0.15) is 0 Å². The summed E-state index contributed by atoms with van der Waals surface area (Å²) >= 11 is 3.52. The van der Waals surface area contributed by atoms with Gasteiger partial charge in [-0.1, -0.05) is 13.0 Å². The van der Waals surface area contributed by atoms with Gasteiger partial charge >= 0.3 is 0 Å². The van der Waals surface area contributed by atoms with Gasteiger partial charge in [-0.05, 0) is 54.0 Å². The fourth-order valence-electron chi connectivity index (χ4n) is 1.71. The van der Waals surface area contributed by atoms with Crippen molar-refractivity contribution in [3.05, 3.63) is 34.1 Å². The molecule has 1 heterocycles. The van der Waals surface area contributed by atoms with Gasteiger partial charge in [-0.3, -0.25) is 0 Å². The molecule has 1 N–H and O–H groups in total. The maximum Gasteiger partial charge on any atom is 0.248 e. The van der Waals surface area contributed by atoms with Crippen molar-refractivity contribution in [2.24, 2.45) is 0 Å². The molecule has 4 nitrogen and oxygen atoms in total. The first-order valence-electron chi connectivity index (χ1n) is 5.95. The highest BCUT2D eigenvalue weighted by atomic mass is 79.9. The van der Waals surface area contributed by atoms with Gasteiger partial charge in [0.2, 0.25) is 11.8 Å². The third-order valence-corrected chi connectivity index (χ3v) is 3.33. The fourth-order valence-corrected chi connectivity index (χ4v) is 2.37. The summed E-state index contributed by atoms with van der Waals surface area (Å²) < 4.78 is 6.66. The number of nitrogens with zero attached hydrogens (tertiary/aromatic N) is 2. The summed E-state index contributed by atoms with van der Waals surface area (Å²) in [5.74, 6) is 1.15. The van der Waals surface area contributed by atoms with Gasteiger partial charge in [0.25, 0.3) is 0 Å². The van der Waals surface area contributed by atoms with E-state index < -0.39 is 0 Å². The van der Waals surface area contributed by atoms with Crippen molar-refractivity contribution >= 4 is 15.9 Å². The van der Waals surface area contributed by atoms with E-state index in [1.54, 1.807) is 0 Å². The van der Waals surface area contributed by atoms with Gasteiger partial charge in [0, 0.05) is 4.47 Å². The Morgan fingerprint density at radius 1 is 1.39 bits per heavy atom. The van der Waals surface area contributed by atoms with E-state index in [-0.39, 0.29) is 6.04 Å². The monoisotopic (exact) mass is 309 g/mol. The summed E-state index contributed by atoms with van der Waals surface area (Å²) in [6.07, 6.45) is 0. The first-order chi connectivity index (χ1) is 8.61. The Balaban J connectivity index is 2.29. The Hall–Kier alpha value is -1.20. The number of rotatable bonds is 4. The van der Waals surface area contributed by atoms with E-state index >= 15 is 0 Å². The lowest BCUT2D eigenvalue weighted by Crippen LogP contribution is -2.17. The van der Waals surface area contributed by atoms with Crippen LogP contribution in [0.1, 0.15) is 31.3 Å². The minimum Gasteiger partial charge on any atom is -0.419 e. The molecule has 2 aromatic rings. The lowest BCUT2D eigenvalue weighted by Gasteiger charge is -2.06. The van der Waals surface area contributed by atoms with Crippen LogP contribution < -0.4 is 5.32 Å². The molecule has 0 saturated carbocycles. The summed E-state index contributed by atoms with van der Waals surface area (Å²) in [5.41, 5.74) is 2.11. The highest BCUT2D eigenvalue weighted by Crippen LogP contribution is 2.28. The van der Waals surface area contributed by atoms with Crippen molar-refractivity contribution in [2.45, 2.75) is 26.8 Å². The molecule has 1 aromatic carbocycles. The smallest absolute Gasteiger partial charge is 0.248 e. The second kappa shape index (κ2) is 5.63. The minimum atomic E-state index is 0.0699. The van der Waals surface area contributed by atoms with Crippen LogP contribution in [-0.4, -0.2) is 16.7 Å². The average Bonchev–Trinajstić information content (AvgIpc) is 2.78. The molecule has 0 amide bonds. The molecular formula is C13H16BrN3O. The van der Waals surface area contributed by atoms with E-state index in [0.717, 1.165) is 16.6 Å². The lowest BCUT2D eigenvalue weighted by atomic mass is 10.1. The van der Waals surface area contributed by atoms with Crippen LogP contribution in [0.2, 0.25) is 0 Å². The molecule has 0 radical (unpaired) electrons. The largest absolute Gasteiger partial charge is 0.419 e. The van der Waals surface area contributed by atoms with E-state index in [1.165, 1.54) is 5.56 Å². The highest BCUT2D eigenvalue weighted by molar-refractivity contribution is 9.10. The molecule has 0 fully saturated rings. The summed E-state index contributed by atoms with van der Waals surface area (Å²) in [4.78, 5) is 0. The van der Waals surface area contributed by atoms with Crippen molar-refractivity contribution in [1.82, 2.24) is 15.5 Å². The molecule has 0 saturated heterocycles. The Labute approximate surface area is 115 Å². The molecule has 5 heteroatoms. The Kier molecular flexibility index (Phi) is 4.14. The topological polar surface area (TPSA) is 51.0 Å². The standard InChI is InChI=1S/C13H16BrN3O/c1-4-15-9(3)12-16-17-13(18-12)10-6-5-8(2)7-11(10)14/h5-7,9,15H,4H2,1-3H3. The van der Waals surface area contributed by atoms with E-state index in [2.05, 4.69) is 31.4 Å². The minimum absolute atomic E-state index is 0.0699. The van der Waals surface area contributed by atoms with E-state index in [0.29, 0.717) is 11.8 Å². The number of hydrogen-bond donors (Lipinski definition) is 1. The zero-order valence-corrected chi connectivity index (χ0v) is 12.3. The van der Waals surface area contributed by atoms with Crippen LogP contribution in [0.15, 0.2) is 27.1 Å². The highest BCUT2D eigenvalue weighted by Gasteiger charge is 2.15. The van der Waals surface area contributed by atoms with Gasteiger partial charge in [-0.25, -0.2) is 0 Å². The molecule has 0 spiro atoms. The molecule has 2 rings (SSSR count). The van der Waals surface area contributed by atoms with Crippen molar-refractivity contribution < 1.29 is 4.42 Å². The summed E-state index contributed by atoms with van der Waals surface area (Å²) in [6.45, 7) is 6.96. The van der Waals surface area contributed by atoms with Gasteiger partial charge in [0.15, 0.2) is 0 Å². The number of hydrogen-bond acceptors (Lipinski definition) is 4. The Morgan fingerprint density at radius 2 is 2.17 bits per heavy atom.